The van der Waals surface area contributed by atoms with Gasteiger partial charge < -0.3 is 30.2 Å². The van der Waals surface area contributed by atoms with Gasteiger partial charge in [-0.2, -0.15) is 5.10 Å². The van der Waals surface area contributed by atoms with Gasteiger partial charge in [-0.1, -0.05) is 6.08 Å². The van der Waals surface area contributed by atoms with Crippen LogP contribution in [-0.2, 0) is 0 Å². The van der Waals surface area contributed by atoms with Crippen molar-refractivity contribution in [3.63, 3.8) is 0 Å². The highest BCUT2D eigenvalue weighted by Gasteiger charge is 2.30. The number of carbonyl (C=O) groups excluding carboxylic acids is 1. The molecular weight excluding hydrogens is 498 g/mol. The number of fused-ring (bicyclic) bond motifs is 2. The van der Waals surface area contributed by atoms with Crippen LogP contribution in [0.1, 0.15) is 36.2 Å². The average Bonchev–Trinajstić information content (AvgIpc) is 3.61. The monoisotopic (exact) mass is 527 g/mol. The number of nitrogens with one attached hydrogen (secondary N) is 1. The summed E-state index contributed by atoms with van der Waals surface area (Å²) in [6.45, 7) is 3.86. The number of nitrogen functional groups attached to an aromatic ring is 1. The van der Waals surface area contributed by atoms with Crippen LogP contribution in [0.25, 0.3) is 22.3 Å². The van der Waals surface area contributed by atoms with E-state index in [1.165, 1.54) is 6.33 Å². The molecule has 0 saturated carbocycles. The highest BCUT2D eigenvalue weighted by Crippen LogP contribution is 2.48. The van der Waals surface area contributed by atoms with Crippen molar-refractivity contribution in [3.05, 3.63) is 60.6 Å². The van der Waals surface area contributed by atoms with Crippen LogP contribution in [0.4, 0.5) is 11.5 Å². The quantitative estimate of drug-likeness (QED) is 0.378. The average molecular weight is 528 g/mol. The van der Waals surface area contributed by atoms with E-state index in [9.17, 15) is 4.79 Å². The van der Waals surface area contributed by atoms with E-state index in [2.05, 4.69) is 26.4 Å². The lowest BCUT2D eigenvalue weighted by molar-refractivity contribution is 0.102. The molecule has 2 aromatic heterocycles. The molecule has 4 heterocycles. The number of likely N-dealkylation sites (tertiary alicyclic amines) is 1. The summed E-state index contributed by atoms with van der Waals surface area (Å²) in [7, 11) is 1.58. The maximum absolute atomic E-state index is 12.9. The van der Waals surface area contributed by atoms with E-state index in [0.717, 1.165) is 25.9 Å². The standard InChI is InChI=1S/C28H29N7O4/c1-3-12-34-13-4-5-18(14-34)35-27-22(26(29)30-15-31-27)23(33-35)20-10-11-21(25-24(20)38-16-39-25)32-28(36)17-6-8-19(37-2)9-7-17/h3,6-12,15,18H,4-5,13-14,16H2,1-2H3,(H,32,36)(H2,29,30,31)/t18-/m1/s1. The SMILES string of the molecule is CC=CN1CCC[C@@H](n2nc(-c3ccc(NC(=O)c4ccc(OC)cc4)c4c3OCO4)c3c(N)ncnc32)C1. The first kappa shape index (κ1) is 24.5. The molecule has 1 amide bonds. The fourth-order valence-electron chi connectivity index (χ4n) is 5.19. The Morgan fingerprint density at radius 2 is 1.97 bits per heavy atom. The van der Waals surface area contributed by atoms with E-state index in [-0.39, 0.29) is 18.7 Å². The Kier molecular flexibility index (Phi) is 6.39. The third-order valence-electron chi connectivity index (χ3n) is 7.03. The molecule has 2 aliphatic rings. The molecule has 1 fully saturated rings. The first-order valence-corrected chi connectivity index (χ1v) is 12.8. The maximum atomic E-state index is 12.9. The molecule has 0 unspecified atom stereocenters. The van der Waals surface area contributed by atoms with Gasteiger partial charge in [-0.05, 0) is 62.4 Å². The Morgan fingerprint density at radius 1 is 1.15 bits per heavy atom. The van der Waals surface area contributed by atoms with Crippen molar-refractivity contribution in [1.29, 1.82) is 0 Å². The number of anilines is 2. The minimum atomic E-state index is -0.279. The van der Waals surface area contributed by atoms with Gasteiger partial charge in [-0.15, -0.1) is 0 Å². The molecule has 39 heavy (non-hydrogen) atoms. The van der Waals surface area contributed by atoms with Crippen molar-refractivity contribution >= 4 is 28.4 Å². The van der Waals surface area contributed by atoms with Gasteiger partial charge in [-0.3, -0.25) is 4.79 Å². The van der Waals surface area contributed by atoms with Crippen LogP contribution >= 0.6 is 0 Å². The van der Waals surface area contributed by atoms with Crippen LogP contribution < -0.4 is 25.3 Å². The fraction of sp³-hybridized carbons (Fsp3) is 0.286. The molecule has 0 aliphatic carbocycles. The van der Waals surface area contributed by atoms with Gasteiger partial charge in [0.25, 0.3) is 5.91 Å². The Balaban J connectivity index is 1.38. The number of piperidine rings is 1. The highest BCUT2D eigenvalue weighted by atomic mass is 16.7. The summed E-state index contributed by atoms with van der Waals surface area (Å²) in [6.07, 6.45) is 7.64. The summed E-state index contributed by atoms with van der Waals surface area (Å²) in [5.74, 6) is 1.65. The number of hydrogen-bond donors (Lipinski definition) is 2. The number of benzene rings is 2. The predicted octanol–water partition coefficient (Wildman–Crippen LogP) is 4.24. The molecule has 2 aliphatic heterocycles. The number of hydrogen-bond acceptors (Lipinski definition) is 9. The summed E-state index contributed by atoms with van der Waals surface area (Å²) < 4.78 is 18.8. The molecule has 1 saturated heterocycles. The molecule has 2 aromatic carbocycles. The van der Waals surface area contributed by atoms with Crippen LogP contribution in [-0.4, -0.2) is 57.5 Å². The smallest absolute Gasteiger partial charge is 0.255 e. The Hall–Kier alpha value is -4.80. The van der Waals surface area contributed by atoms with E-state index < -0.39 is 0 Å². The van der Waals surface area contributed by atoms with Crippen LogP contribution in [0.3, 0.4) is 0 Å². The number of nitrogens with two attached hydrogens (primary N) is 1. The zero-order chi connectivity index (χ0) is 26.9. The Labute approximate surface area is 225 Å². The van der Waals surface area contributed by atoms with Crippen molar-refractivity contribution < 1.29 is 19.0 Å². The van der Waals surface area contributed by atoms with Crippen molar-refractivity contribution in [2.24, 2.45) is 0 Å². The first-order chi connectivity index (χ1) is 19.1. The minimum absolute atomic E-state index is 0.0172. The fourth-order valence-corrected chi connectivity index (χ4v) is 5.19. The van der Waals surface area contributed by atoms with Gasteiger partial charge in [0, 0.05) is 24.2 Å². The molecule has 1 atom stereocenters. The molecular formula is C28H29N7O4. The lowest BCUT2D eigenvalue weighted by atomic mass is 10.1. The molecule has 3 N–H and O–H groups in total. The van der Waals surface area contributed by atoms with Crippen molar-refractivity contribution in [2.45, 2.75) is 25.8 Å². The second kappa shape index (κ2) is 10.2. The molecule has 200 valence electrons. The van der Waals surface area contributed by atoms with Gasteiger partial charge in [-0.25, -0.2) is 14.6 Å². The predicted molar refractivity (Wildman–Crippen MR) is 147 cm³/mol. The topological polar surface area (TPSA) is 130 Å². The van der Waals surface area contributed by atoms with E-state index in [0.29, 0.717) is 56.6 Å². The number of carbonyl (C=O) groups is 1. The summed E-state index contributed by atoms with van der Waals surface area (Å²) in [4.78, 5) is 24.0. The third-order valence-corrected chi connectivity index (χ3v) is 7.03. The second-order valence-corrected chi connectivity index (χ2v) is 9.43. The Morgan fingerprint density at radius 3 is 2.77 bits per heavy atom. The number of nitrogens with zero attached hydrogens (tertiary/aromatic N) is 5. The van der Waals surface area contributed by atoms with Crippen LogP contribution in [0, 0.1) is 0 Å². The van der Waals surface area contributed by atoms with Gasteiger partial charge in [0.2, 0.25) is 6.79 Å². The highest BCUT2D eigenvalue weighted by molar-refractivity contribution is 6.06. The zero-order valence-electron chi connectivity index (χ0n) is 21.8. The number of ether oxygens (including phenoxy) is 3. The van der Waals surface area contributed by atoms with Gasteiger partial charge in [0.1, 0.15) is 23.6 Å². The Bertz CT molecular complexity index is 1560. The van der Waals surface area contributed by atoms with Gasteiger partial charge in [0.05, 0.1) is 24.2 Å². The summed E-state index contributed by atoms with van der Waals surface area (Å²) in [5.41, 5.74) is 9.34. The molecule has 11 nitrogen and oxygen atoms in total. The van der Waals surface area contributed by atoms with Crippen molar-refractivity contribution in [2.75, 3.05) is 38.0 Å². The van der Waals surface area contributed by atoms with Crippen molar-refractivity contribution in [1.82, 2.24) is 24.6 Å². The van der Waals surface area contributed by atoms with Crippen LogP contribution in [0.15, 0.2) is 55.0 Å². The number of aromatic nitrogens is 4. The molecule has 4 aromatic rings. The molecule has 11 heteroatoms. The maximum Gasteiger partial charge on any atom is 0.255 e. The number of methoxy groups -OCH3 is 1. The van der Waals surface area contributed by atoms with E-state index >= 15 is 0 Å². The number of allylic oxidation sites excluding steroid dienone is 1. The minimum Gasteiger partial charge on any atom is -0.497 e. The normalized spacial score (nSPS) is 16.7. The molecule has 0 bridgehead atoms. The summed E-state index contributed by atoms with van der Waals surface area (Å²) >= 11 is 0. The number of rotatable bonds is 6. The number of amides is 1. The van der Waals surface area contributed by atoms with Crippen molar-refractivity contribution in [3.8, 4) is 28.5 Å². The van der Waals surface area contributed by atoms with Crippen LogP contribution in [0.2, 0.25) is 0 Å². The molecule has 0 spiro atoms. The van der Waals surface area contributed by atoms with E-state index in [1.807, 2.05) is 23.7 Å². The lowest BCUT2D eigenvalue weighted by Gasteiger charge is -2.32. The van der Waals surface area contributed by atoms with Gasteiger partial charge >= 0.3 is 0 Å². The van der Waals surface area contributed by atoms with Crippen LogP contribution in [0.5, 0.6) is 17.2 Å². The largest absolute Gasteiger partial charge is 0.497 e. The summed E-state index contributed by atoms with van der Waals surface area (Å²) in [6, 6.07) is 10.6. The third kappa shape index (κ3) is 4.45. The molecule has 6 rings (SSSR count). The zero-order valence-corrected chi connectivity index (χ0v) is 21.8. The lowest BCUT2D eigenvalue weighted by Crippen LogP contribution is -2.33. The van der Waals surface area contributed by atoms with E-state index in [4.69, 9.17) is 25.0 Å². The van der Waals surface area contributed by atoms with E-state index in [1.54, 1.807) is 37.4 Å². The van der Waals surface area contributed by atoms with Gasteiger partial charge in [0.15, 0.2) is 17.1 Å². The first-order valence-electron chi connectivity index (χ1n) is 12.8. The summed E-state index contributed by atoms with van der Waals surface area (Å²) in [5, 5.41) is 8.61. The second-order valence-electron chi connectivity index (χ2n) is 9.43. The molecule has 0 radical (unpaired) electrons.